The van der Waals surface area contributed by atoms with Gasteiger partial charge in [-0.3, -0.25) is 4.90 Å². The van der Waals surface area contributed by atoms with Crippen LogP contribution in [-0.4, -0.2) is 35.7 Å². The van der Waals surface area contributed by atoms with Crippen molar-refractivity contribution >= 4 is 11.6 Å². The Bertz CT molecular complexity index is 609. The number of nitrogens with one attached hydrogen (secondary N) is 1. The fourth-order valence-corrected chi connectivity index (χ4v) is 3.46. The van der Waals surface area contributed by atoms with Crippen LogP contribution >= 0.6 is 11.6 Å². The minimum Gasteiger partial charge on any atom is -0.394 e. The third kappa shape index (κ3) is 4.81. The van der Waals surface area contributed by atoms with Gasteiger partial charge in [0.15, 0.2) is 0 Å². The predicted octanol–water partition coefficient (Wildman–Crippen LogP) is 3.63. The van der Waals surface area contributed by atoms with Gasteiger partial charge in [-0.15, -0.1) is 0 Å². The summed E-state index contributed by atoms with van der Waals surface area (Å²) in [6, 6.07) is 18.8. The van der Waals surface area contributed by atoms with Crippen molar-refractivity contribution in [2.24, 2.45) is 0 Å². The summed E-state index contributed by atoms with van der Waals surface area (Å²) in [4.78, 5) is 2.48. The Hall–Kier alpha value is -1.39. The zero-order valence-corrected chi connectivity index (χ0v) is 14.6. The maximum Gasteiger partial charge on any atom is 0.0626 e. The number of piperidine rings is 1. The van der Waals surface area contributed by atoms with E-state index in [1.165, 1.54) is 5.56 Å². The van der Waals surface area contributed by atoms with E-state index in [-0.39, 0.29) is 12.6 Å². The Morgan fingerprint density at radius 3 is 2.33 bits per heavy atom. The third-order valence-corrected chi connectivity index (χ3v) is 4.98. The summed E-state index contributed by atoms with van der Waals surface area (Å²) < 4.78 is 0. The lowest BCUT2D eigenvalue weighted by molar-refractivity contribution is 0.167. The third-order valence-electron chi connectivity index (χ3n) is 4.73. The predicted molar refractivity (Wildman–Crippen MR) is 99.2 cm³/mol. The first kappa shape index (κ1) is 17.4. The van der Waals surface area contributed by atoms with Crippen molar-refractivity contribution < 1.29 is 5.11 Å². The first-order chi connectivity index (χ1) is 11.7. The van der Waals surface area contributed by atoms with Gasteiger partial charge in [0.2, 0.25) is 0 Å². The second-order valence-electron chi connectivity index (χ2n) is 6.49. The van der Waals surface area contributed by atoms with Gasteiger partial charge in [0.05, 0.1) is 12.6 Å². The molecule has 0 aliphatic carbocycles. The van der Waals surface area contributed by atoms with E-state index in [2.05, 4.69) is 34.5 Å². The van der Waals surface area contributed by atoms with Crippen LogP contribution < -0.4 is 5.32 Å². The number of nitrogens with zero attached hydrogens (tertiary/aromatic N) is 1. The van der Waals surface area contributed by atoms with Crippen LogP contribution in [0.25, 0.3) is 0 Å². The first-order valence-electron chi connectivity index (χ1n) is 8.63. The number of hydrogen-bond acceptors (Lipinski definition) is 3. The highest BCUT2D eigenvalue weighted by molar-refractivity contribution is 6.30. The lowest BCUT2D eigenvalue weighted by atomic mass is 10.0. The van der Waals surface area contributed by atoms with Gasteiger partial charge in [0, 0.05) is 17.6 Å². The molecule has 2 aromatic carbocycles. The number of rotatable bonds is 6. The topological polar surface area (TPSA) is 35.5 Å². The molecule has 24 heavy (non-hydrogen) atoms. The van der Waals surface area contributed by atoms with Crippen LogP contribution in [0.15, 0.2) is 54.6 Å². The Balaban J connectivity index is 1.48. The van der Waals surface area contributed by atoms with E-state index in [0.717, 1.165) is 43.1 Å². The molecule has 0 bridgehead atoms. The Morgan fingerprint density at radius 1 is 1.04 bits per heavy atom. The summed E-state index contributed by atoms with van der Waals surface area (Å²) in [7, 11) is 0. The zero-order chi connectivity index (χ0) is 16.8. The lowest BCUT2D eigenvalue weighted by Crippen LogP contribution is -2.44. The van der Waals surface area contributed by atoms with E-state index < -0.39 is 0 Å². The highest BCUT2D eigenvalue weighted by Gasteiger charge is 2.22. The molecule has 1 aliphatic heterocycles. The van der Waals surface area contributed by atoms with Gasteiger partial charge in [-0.1, -0.05) is 54.1 Å². The SMILES string of the molecule is OC[C@@H](NC1CCN(Cc2ccc(Cl)cc2)CC1)c1ccccc1. The Labute approximate surface area is 149 Å². The fourth-order valence-electron chi connectivity index (χ4n) is 3.33. The fraction of sp³-hybridized carbons (Fsp3) is 0.400. The molecule has 1 atom stereocenters. The van der Waals surface area contributed by atoms with E-state index >= 15 is 0 Å². The lowest BCUT2D eigenvalue weighted by Gasteiger charge is -2.34. The van der Waals surface area contributed by atoms with Gasteiger partial charge in [0.1, 0.15) is 0 Å². The molecule has 4 heteroatoms. The number of halogens is 1. The van der Waals surface area contributed by atoms with E-state index in [9.17, 15) is 5.11 Å². The van der Waals surface area contributed by atoms with E-state index in [1.807, 2.05) is 30.3 Å². The molecule has 1 saturated heterocycles. The second kappa shape index (κ2) is 8.63. The van der Waals surface area contributed by atoms with Crippen LogP contribution in [0.5, 0.6) is 0 Å². The summed E-state index contributed by atoms with van der Waals surface area (Å²) in [6.07, 6.45) is 2.22. The average molecular weight is 345 g/mol. The maximum atomic E-state index is 9.70. The molecule has 0 spiro atoms. The van der Waals surface area contributed by atoms with Gasteiger partial charge in [-0.05, 0) is 49.2 Å². The molecule has 2 N–H and O–H groups in total. The van der Waals surface area contributed by atoms with E-state index in [1.54, 1.807) is 0 Å². The Kier molecular flexibility index (Phi) is 6.27. The van der Waals surface area contributed by atoms with Crippen molar-refractivity contribution in [3.8, 4) is 0 Å². The molecular weight excluding hydrogens is 320 g/mol. The highest BCUT2D eigenvalue weighted by Crippen LogP contribution is 2.19. The summed E-state index contributed by atoms with van der Waals surface area (Å²) in [5, 5.41) is 14.1. The molecule has 0 unspecified atom stereocenters. The van der Waals surface area contributed by atoms with E-state index in [4.69, 9.17) is 11.6 Å². The van der Waals surface area contributed by atoms with Crippen LogP contribution in [-0.2, 0) is 6.54 Å². The average Bonchev–Trinajstić information content (AvgIpc) is 2.64. The van der Waals surface area contributed by atoms with Crippen LogP contribution in [0.4, 0.5) is 0 Å². The number of likely N-dealkylation sites (tertiary alicyclic amines) is 1. The monoisotopic (exact) mass is 344 g/mol. The molecule has 1 aliphatic rings. The van der Waals surface area contributed by atoms with Crippen molar-refractivity contribution in [2.45, 2.75) is 31.5 Å². The normalized spacial score (nSPS) is 17.8. The van der Waals surface area contributed by atoms with Crippen molar-refractivity contribution in [1.82, 2.24) is 10.2 Å². The first-order valence-corrected chi connectivity index (χ1v) is 9.01. The number of benzene rings is 2. The second-order valence-corrected chi connectivity index (χ2v) is 6.93. The summed E-state index contributed by atoms with van der Waals surface area (Å²) in [5.41, 5.74) is 2.46. The van der Waals surface area contributed by atoms with Gasteiger partial charge in [0.25, 0.3) is 0 Å². The molecule has 2 aromatic rings. The molecule has 1 fully saturated rings. The van der Waals surface area contributed by atoms with Crippen LogP contribution in [0.3, 0.4) is 0 Å². The van der Waals surface area contributed by atoms with Gasteiger partial charge >= 0.3 is 0 Å². The molecule has 3 rings (SSSR count). The van der Waals surface area contributed by atoms with Gasteiger partial charge in [-0.25, -0.2) is 0 Å². The smallest absolute Gasteiger partial charge is 0.0626 e. The molecule has 128 valence electrons. The standard InChI is InChI=1S/C20H25ClN2O/c21-18-8-6-16(7-9-18)14-23-12-10-19(11-13-23)22-20(15-24)17-4-2-1-3-5-17/h1-9,19-20,22,24H,10-15H2/t20-/m1/s1. The molecule has 0 amide bonds. The molecule has 0 saturated carbocycles. The summed E-state index contributed by atoms with van der Waals surface area (Å²) >= 11 is 5.94. The molecular formula is C20H25ClN2O. The van der Waals surface area contributed by atoms with Crippen LogP contribution in [0.1, 0.15) is 30.0 Å². The molecule has 0 aromatic heterocycles. The molecule has 1 heterocycles. The van der Waals surface area contributed by atoms with Crippen molar-refractivity contribution in [1.29, 1.82) is 0 Å². The van der Waals surface area contributed by atoms with E-state index in [0.29, 0.717) is 6.04 Å². The number of aliphatic hydroxyl groups is 1. The van der Waals surface area contributed by atoms with Crippen molar-refractivity contribution in [3.63, 3.8) is 0 Å². The highest BCUT2D eigenvalue weighted by atomic mass is 35.5. The minimum absolute atomic E-state index is 0.0269. The zero-order valence-electron chi connectivity index (χ0n) is 13.9. The van der Waals surface area contributed by atoms with Crippen molar-refractivity contribution in [2.75, 3.05) is 19.7 Å². The number of hydrogen-bond donors (Lipinski definition) is 2. The van der Waals surface area contributed by atoms with Crippen LogP contribution in [0.2, 0.25) is 5.02 Å². The summed E-state index contributed by atoms with van der Waals surface area (Å²) in [6.45, 7) is 3.27. The van der Waals surface area contributed by atoms with Gasteiger partial charge < -0.3 is 10.4 Å². The van der Waals surface area contributed by atoms with Crippen LogP contribution in [0, 0.1) is 0 Å². The minimum atomic E-state index is 0.0269. The molecule has 3 nitrogen and oxygen atoms in total. The van der Waals surface area contributed by atoms with Gasteiger partial charge in [-0.2, -0.15) is 0 Å². The van der Waals surface area contributed by atoms with Crippen molar-refractivity contribution in [3.05, 3.63) is 70.7 Å². The molecule has 0 radical (unpaired) electrons. The largest absolute Gasteiger partial charge is 0.394 e. The maximum absolute atomic E-state index is 9.70. The summed E-state index contributed by atoms with van der Waals surface area (Å²) in [5.74, 6) is 0. The number of aliphatic hydroxyl groups excluding tert-OH is 1. The Morgan fingerprint density at radius 2 is 1.71 bits per heavy atom. The quantitative estimate of drug-likeness (QED) is 0.840.